The molecular weight excluding hydrogens is 516 g/mol. The maximum Gasteiger partial charge on any atom is 0.329 e. The Hall–Kier alpha value is -4.23. The molecule has 1 rings (SSSR count). The molecule has 0 aliphatic heterocycles. The number of esters is 1. The van der Waals surface area contributed by atoms with Gasteiger partial charge in [0.15, 0.2) is 11.6 Å². The number of hydrogen-bond acceptors (Lipinski definition) is 10. The maximum absolute atomic E-state index is 12.7. The van der Waals surface area contributed by atoms with E-state index in [9.17, 15) is 44.2 Å². The van der Waals surface area contributed by atoms with Gasteiger partial charge >= 0.3 is 12.0 Å². The molecule has 0 spiro atoms. The SMILES string of the molecule is CC(=O)CC[C@H](NC(=O)N[C@@H](CCCCC(=O)c1cc([N+](=O)[O-])ccc1[N+](=O)[O-])C(=O)OC(C)(C)C)C(C)=O. The minimum Gasteiger partial charge on any atom is -0.458 e. The summed E-state index contributed by atoms with van der Waals surface area (Å²) in [5, 5.41) is 27.2. The number of urea groups is 1. The second-order valence-corrected chi connectivity index (χ2v) is 9.99. The largest absolute Gasteiger partial charge is 0.458 e. The summed E-state index contributed by atoms with van der Waals surface area (Å²) < 4.78 is 5.36. The summed E-state index contributed by atoms with van der Waals surface area (Å²) in [4.78, 5) is 81.7. The molecule has 0 fully saturated rings. The van der Waals surface area contributed by atoms with Crippen molar-refractivity contribution in [2.75, 3.05) is 0 Å². The molecule has 214 valence electrons. The van der Waals surface area contributed by atoms with Gasteiger partial charge in [-0.25, -0.2) is 9.59 Å². The Morgan fingerprint density at radius 3 is 2.03 bits per heavy atom. The number of nitrogens with one attached hydrogen (secondary N) is 2. The Labute approximate surface area is 225 Å². The summed E-state index contributed by atoms with van der Waals surface area (Å²) in [6.07, 6.45) is 0.366. The number of benzene rings is 1. The van der Waals surface area contributed by atoms with Gasteiger partial charge < -0.3 is 20.2 Å². The van der Waals surface area contributed by atoms with E-state index in [1.807, 2.05) is 0 Å². The molecule has 0 aliphatic carbocycles. The highest BCUT2D eigenvalue weighted by molar-refractivity contribution is 6.00. The molecule has 2 amide bonds. The zero-order valence-corrected chi connectivity index (χ0v) is 22.6. The Kier molecular flexibility index (Phi) is 12.3. The first-order chi connectivity index (χ1) is 18.0. The van der Waals surface area contributed by atoms with Crippen LogP contribution in [0.3, 0.4) is 0 Å². The number of amides is 2. The first kappa shape index (κ1) is 32.8. The third-order valence-corrected chi connectivity index (χ3v) is 5.41. The summed E-state index contributed by atoms with van der Waals surface area (Å²) in [5.74, 6) is -1.95. The quantitative estimate of drug-likeness (QED) is 0.107. The maximum atomic E-state index is 12.7. The molecule has 14 heteroatoms. The Morgan fingerprint density at radius 2 is 1.51 bits per heavy atom. The first-order valence-electron chi connectivity index (χ1n) is 12.3. The van der Waals surface area contributed by atoms with Crippen LogP contribution in [0.15, 0.2) is 18.2 Å². The third kappa shape index (κ3) is 11.8. The summed E-state index contributed by atoms with van der Waals surface area (Å²) in [6.45, 7) is 7.54. The number of ketones is 3. The molecule has 0 unspecified atom stereocenters. The van der Waals surface area contributed by atoms with E-state index in [1.54, 1.807) is 20.8 Å². The molecule has 1 aromatic rings. The van der Waals surface area contributed by atoms with Crippen molar-refractivity contribution in [1.29, 1.82) is 0 Å². The van der Waals surface area contributed by atoms with E-state index in [2.05, 4.69) is 10.6 Å². The van der Waals surface area contributed by atoms with Crippen LogP contribution in [0.25, 0.3) is 0 Å². The van der Waals surface area contributed by atoms with E-state index in [4.69, 9.17) is 4.74 Å². The number of carbonyl (C=O) groups is 5. The second kappa shape index (κ2) is 14.6. The van der Waals surface area contributed by atoms with Gasteiger partial charge in [-0.2, -0.15) is 0 Å². The number of ether oxygens (including phenoxy) is 1. The molecule has 0 saturated heterocycles. The normalized spacial score (nSPS) is 12.5. The van der Waals surface area contributed by atoms with Crippen LogP contribution in [0.4, 0.5) is 16.2 Å². The van der Waals surface area contributed by atoms with Gasteiger partial charge in [-0.1, -0.05) is 6.42 Å². The zero-order valence-electron chi connectivity index (χ0n) is 22.6. The molecule has 0 radical (unpaired) electrons. The van der Waals surface area contributed by atoms with Crippen molar-refractivity contribution < 1.29 is 38.6 Å². The number of Topliss-reactive ketones (excluding diaryl/α,β-unsaturated/α-hetero) is 3. The molecule has 0 saturated carbocycles. The monoisotopic (exact) mass is 550 g/mol. The van der Waals surface area contributed by atoms with Crippen molar-refractivity contribution in [2.24, 2.45) is 0 Å². The number of carbonyl (C=O) groups excluding carboxylic acids is 5. The fraction of sp³-hybridized carbons (Fsp3) is 0.560. The Bertz CT molecular complexity index is 1130. The van der Waals surface area contributed by atoms with Crippen molar-refractivity contribution in [3.05, 3.63) is 44.0 Å². The van der Waals surface area contributed by atoms with Gasteiger partial charge in [0.1, 0.15) is 23.0 Å². The standard InChI is InChI=1S/C25H34N4O10/c1-15(30)10-12-19(16(2)31)26-24(34)27-20(23(33)39-25(3,4)5)8-6-7-9-22(32)18-14-17(28(35)36)11-13-21(18)29(37)38/h11,13-14,19-20H,6-10,12H2,1-5H3,(H2,26,27,34)/t19-,20-/m0/s1. The van der Waals surface area contributed by atoms with Gasteiger partial charge in [-0.05, 0) is 53.9 Å². The highest BCUT2D eigenvalue weighted by atomic mass is 16.6. The van der Waals surface area contributed by atoms with Gasteiger partial charge in [0.2, 0.25) is 0 Å². The van der Waals surface area contributed by atoms with Gasteiger partial charge in [0.05, 0.1) is 15.9 Å². The minimum absolute atomic E-state index is 0.0326. The van der Waals surface area contributed by atoms with Crippen LogP contribution in [0, 0.1) is 20.2 Å². The van der Waals surface area contributed by atoms with Crippen molar-refractivity contribution >= 4 is 40.7 Å². The molecule has 0 aromatic heterocycles. The van der Waals surface area contributed by atoms with E-state index in [0.29, 0.717) is 0 Å². The smallest absolute Gasteiger partial charge is 0.329 e. The Morgan fingerprint density at radius 1 is 0.897 bits per heavy atom. The summed E-state index contributed by atoms with van der Waals surface area (Å²) in [5.41, 5.74) is -2.28. The average Bonchev–Trinajstić information content (AvgIpc) is 2.81. The number of unbranched alkanes of at least 4 members (excludes halogenated alkanes) is 1. The number of nitro groups is 2. The van der Waals surface area contributed by atoms with Crippen molar-refractivity contribution in [1.82, 2.24) is 10.6 Å². The van der Waals surface area contributed by atoms with Crippen LogP contribution < -0.4 is 10.6 Å². The number of rotatable bonds is 15. The van der Waals surface area contributed by atoms with Crippen LogP contribution in [-0.2, 0) is 19.1 Å². The number of hydrogen-bond donors (Lipinski definition) is 2. The lowest BCUT2D eigenvalue weighted by atomic mass is 10.0. The highest BCUT2D eigenvalue weighted by Gasteiger charge is 2.28. The molecule has 2 atom stereocenters. The van der Waals surface area contributed by atoms with Gasteiger partial charge in [-0.3, -0.25) is 29.8 Å². The number of nitro benzene ring substituents is 2. The van der Waals surface area contributed by atoms with Crippen LogP contribution >= 0.6 is 0 Å². The second-order valence-electron chi connectivity index (χ2n) is 9.99. The predicted octanol–water partition coefficient (Wildman–Crippen LogP) is 3.58. The van der Waals surface area contributed by atoms with Crippen LogP contribution in [0.2, 0.25) is 0 Å². The van der Waals surface area contributed by atoms with Crippen molar-refractivity contribution in [3.8, 4) is 0 Å². The molecule has 39 heavy (non-hydrogen) atoms. The van der Waals surface area contributed by atoms with Gasteiger partial charge in [-0.15, -0.1) is 0 Å². The minimum atomic E-state index is -1.15. The predicted molar refractivity (Wildman–Crippen MR) is 138 cm³/mol. The van der Waals surface area contributed by atoms with E-state index < -0.39 is 62.3 Å². The summed E-state index contributed by atoms with van der Waals surface area (Å²) >= 11 is 0. The topological polar surface area (TPSA) is 205 Å². The van der Waals surface area contributed by atoms with Crippen LogP contribution in [0.5, 0.6) is 0 Å². The molecule has 14 nitrogen and oxygen atoms in total. The number of nitrogens with zero attached hydrogens (tertiary/aromatic N) is 2. The van der Waals surface area contributed by atoms with Crippen LogP contribution in [-0.4, -0.2) is 56.9 Å². The van der Waals surface area contributed by atoms with Gasteiger partial charge in [0.25, 0.3) is 11.4 Å². The van der Waals surface area contributed by atoms with E-state index in [1.165, 1.54) is 13.8 Å². The molecular formula is C25H34N4O10. The van der Waals surface area contributed by atoms with Crippen LogP contribution in [0.1, 0.15) is 83.5 Å². The number of non-ortho nitro benzene ring substituents is 1. The molecule has 0 aliphatic rings. The third-order valence-electron chi connectivity index (χ3n) is 5.41. The summed E-state index contributed by atoms with van der Waals surface area (Å²) in [7, 11) is 0. The lowest BCUT2D eigenvalue weighted by molar-refractivity contribution is -0.389. The molecule has 0 heterocycles. The van der Waals surface area contributed by atoms with Crippen molar-refractivity contribution in [3.63, 3.8) is 0 Å². The van der Waals surface area contributed by atoms with Crippen molar-refractivity contribution in [2.45, 2.75) is 90.8 Å². The van der Waals surface area contributed by atoms with E-state index in [-0.39, 0.29) is 50.1 Å². The lowest BCUT2D eigenvalue weighted by Crippen LogP contribution is -2.51. The molecule has 0 bridgehead atoms. The van der Waals surface area contributed by atoms with Gasteiger partial charge in [0, 0.05) is 31.0 Å². The fourth-order valence-electron chi connectivity index (χ4n) is 3.49. The average molecular weight is 551 g/mol. The fourth-order valence-corrected chi connectivity index (χ4v) is 3.49. The summed E-state index contributed by atoms with van der Waals surface area (Å²) in [6, 6.07) is -0.209. The van der Waals surface area contributed by atoms with E-state index >= 15 is 0 Å². The molecule has 2 N–H and O–H groups in total. The highest BCUT2D eigenvalue weighted by Crippen LogP contribution is 2.26. The van der Waals surface area contributed by atoms with E-state index in [0.717, 1.165) is 18.2 Å². The molecule has 1 aromatic carbocycles. The first-order valence-corrected chi connectivity index (χ1v) is 12.3. The Balaban J connectivity index is 2.90. The lowest BCUT2D eigenvalue weighted by Gasteiger charge is -2.25. The zero-order chi connectivity index (χ0) is 29.9.